The molecular formula is C17H18N4O3. The summed E-state index contributed by atoms with van der Waals surface area (Å²) in [5.74, 6) is 1.39. The fraction of sp³-hybridized carbons (Fsp3) is 0.294. The topological polar surface area (TPSA) is 94.0 Å². The normalized spacial score (nSPS) is 11.0. The first-order chi connectivity index (χ1) is 11.6. The fourth-order valence-corrected chi connectivity index (χ4v) is 2.59. The van der Waals surface area contributed by atoms with Crippen LogP contribution in [0.5, 0.6) is 0 Å². The summed E-state index contributed by atoms with van der Waals surface area (Å²) in [6, 6.07) is 9.46. The standard InChI is InChI=1S/C17H18N4O3/c1-11-14(8-9-22)17(23)21(10-15-19-12(2)20-24-15)16(18-11)13-6-4-3-5-7-13/h3-7,22H,8-10H2,1-2H3. The Morgan fingerprint density at radius 3 is 2.54 bits per heavy atom. The predicted molar refractivity (Wildman–Crippen MR) is 87.6 cm³/mol. The van der Waals surface area contributed by atoms with Gasteiger partial charge in [0.05, 0.1) is 0 Å². The molecule has 3 rings (SSSR count). The Morgan fingerprint density at radius 1 is 1.17 bits per heavy atom. The first-order valence-electron chi connectivity index (χ1n) is 7.66. The van der Waals surface area contributed by atoms with Crippen molar-refractivity contribution in [3.05, 3.63) is 63.7 Å². The Bertz CT molecular complexity index is 900. The van der Waals surface area contributed by atoms with Crippen molar-refractivity contribution in [3.8, 4) is 11.4 Å². The van der Waals surface area contributed by atoms with E-state index in [0.717, 1.165) is 5.56 Å². The van der Waals surface area contributed by atoms with Gasteiger partial charge in [0.25, 0.3) is 5.56 Å². The van der Waals surface area contributed by atoms with Crippen molar-refractivity contribution < 1.29 is 9.63 Å². The van der Waals surface area contributed by atoms with E-state index in [2.05, 4.69) is 15.1 Å². The van der Waals surface area contributed by atoms with Gasteiger partial charge < -0.3 is 9.63 Å². The zero-order valence-electron chi connectivity index (χ0n) is 13.6. The molecule has 0 atom stereocenters. The minimum Gasteiger partial charge on any atom is -0.396 e. The number of aromatic nitrogens is 4. The lowest BCUT2D eigenvalue weighted by Gasteiger charge is -2.14. The van der Waals surface area contributed by atoms with Crippen molar-refractivity contribution in [1.29, 1.82) is 0 Å². The average Bonchev–Trinajstić information content (AvgIpc) is 3.00. The highest BCUT2D eigenvalue weighted by Crippen LogP contribution is 2.18. The largest absolute Gasteiger partial charge is 0.396 e. The van der Waals surface area contributed by atoms with E-state index in [1.165, 1.54) is 4.57 Å². The van der Waals surface area contributed by atoms with E-state index in [-0.39, 0.29) is 25.1 Å². The molecule has 0 saturated carbocycles. The highest BCUT2D eigenvalue weighted by molar-refractivity contribution is 5.55. The third kappa shape index (κ3) is 3.11. The maximum absolute atomic E-state index is 12.9. The Morgan fingerprint density at radius 2 is 1.92 bits per heavy atom. The second kappa shape index (κ2) is 6.76. The number of aliphatic hydroxyl groups is 1. The van der Waals surface area contributed by atoms with Crippen LogP contribution in [0, 0.1) is 13.8 Å². The van der Waals surface area contributed by atoms with Crippen LogP contribution in [-0.4, -0.2) is 31.4 Å². The number of aryl methyl sites for hydroxylation is 2. The van der Waals surface area contributed by atoms with Crippen molar-refractivity contribution in [1.82, 2.24) is 19.7 Å². The summed E-state index contributed by atoms with van der Waals surface area (Å²) in [6.45, 7) is 3.52. The van der Waals surface area contributed by atoms with Crippen molar-refractivity contribution >= 4 is 0 Å². The number of aliphatic hydroxyl groups excluding tert-OH is 1. The zero-order valence-corrected chi connectivity index (χ0v) is 13.6. The zero-order chi connectivity index (χ0) is 17.1. The van der Waals surface area contributed by atoms with Gasteiger partial charge in [-0.2, -0.15) is 4.98 Å². The first-order valence-corrected chi connectivity index (χ1v) is 7.66. The lowest BCUT2D eigenvalue weighted by atomic mass is 10.1. The number of hydrogen-bond acceptors (Lipinski definition) is 6. The summed E-state index contributed by atoms with van der Waals surface area (Å²) in [5.41, 5.74) is 1.73. The van der Waals surface area contributed by atoms with Gasteiger partial charge >= 0.3 is 0 Å². The highest BCUT2D eigenvalue weighted by Gasteiger charge is 2.17. The SMILES string of the molecule is Cc1noc(Cn2c(-c3ccccc3)nc(C)c(CCO)c2=O)n1. The van der Waals surface area contributed by atoms with Gasteiger partial charge in [0.15, 0.2) is 5.82 Å². The first kappa shape index (κ1) is 16.1. The summed E-state index contributed by atoms with van der Waals surface area (Å²) >= 11 is 0. The highest BCUT2D eigenvalue weighted by atomic mass is 16.5. The molecule has 0 aliphatic heterocycles. The Balaban J connectivity index is 2.18. The van der Waals surface area contributed by atoms with Crippen molar-refractivity contribution in [2.24, 2.45) is 0 Å². The van der Waals surface area contributed by atoms with Crippen LogP contribution >= 0.6 is 0 Å². The molecular weight excluding hydrogens is 308 g/mol. The Kier molecular flexibility index (Phi) is 4.52. The fourth-order valence-electron chi connectivity index (χ4n) is 2.59. The molecule has 0 aliphatic rings. The number of rotatable bonds is 5. The molecule has 0 saturated heterocycles. The van der Waals surface area contributed by atoms with Gasteiger partial charge in [0.1, 0.15) is 12.4 Å². The summed E-state index contributed by atoms with van der Waals surface area (Å²) in [4.78, 5) is 21.7. The third-order valence-corrected chi connectivity index (χ3v) is 3.73. The van der Waals surface area contributed by atoms with E-state index < -0.39 is 0 Å². The summed E-state index contributed by atoms with van der Waals surface area (Å²) < 4.78 is 6.66. The minimum absolute atomic E-state index is 0.109. The molecule has 0 bridgehead atoms. The molecule has 1 aromatic carbocycles. The molecule has 0 amide bonds. The van der Waals surface area contributed by atoms with Crippen LogP contribution in [0.2, 0.25) is 0 Å². The van der Waals surface area contributed by atoms with E-state index >= 15 is 0 Å². The lowest BCUT2D eigenvalue weighted by Crippen LogP contribution is -2.29. The van der Waals surface area contributed by atoms with Crippen LogP contribution in [0.25, 0.3) is 11.4 Å². The van der Waals surface area contributed by atoms with E-state index in [4.69, 9.17) is 4.52 Å². The number of benzene rings is 1. The van der Waals surface area contributed by atoms with Crippen LogP contribution in [0.1, 0.15) is 23.0 Å². The van der Waals surface area contributed by atoms with Crippen LogP contribution in [0.4, 0.5) is 0 Å². The van der Waals surface area contributed by atoms with Gasteiger partial charge in [0, 0.05) is 29.8 Å². The van der Waals surface area contributed by atoms with Crippen molar-refractivity contribution in [2.75, 3.05) is 6.61 Å². The van der Waals surface area contributed by atoms with Gasteiger partial charge in [-0.25, -0.2) is 4.98 Å². The molecule has 1 N–H and O–H groups in total. The smallest absolute Gasteiger partial charge is 0.257 e. The third-order valence-electron chi connectivity index (χ3n) is 3.73. The molecule has 0 fully saturated rings. The molecule has 0 aliphatic carbocycles. The molecule has 24 heavy (non-hydrogen) atoms. The van der Waals surface area contributed by atoms with Crippen LogP contribution in [0.3, 0.4) is 0 Å². The Hall–Kier alpha value is -2.80. The van der Waals surface area contributed by atoms with Gasteiger partial charge in [-0.05, 0) is 13.8 Å². The van der Waals surface area contributed by atoms with Crippen molar-refractivity contribution in [2.45, 2.75) is 26.8 Å². The summed E-state index contributed by atoms with van der Waals surface area (Å²) in [7, 11) is 0. The molecule has 7 heteroatoms. The summed E-state index contributed by atoms with van der Waals surface area (Å²) in [6.07, 6.45) is 0.260. The van der Waals surface area contributed by atoms with Crippen LogP contribution in [-0.2, 0) is 13.0 Å². The molecule has 0 spiro atoms. The molecule has 124 valence electrons. The second-order valence-electron chi connectivity index (χ2n) is 5.47. The lowest BCUT2D eigenvalue weighted by molar-refractivity contribution is 0.298. The van der Waals surface area contributed by atoms with Gasteiger partial charge in [-0.15, -0.1) is 0 Å². The Labute approximate surface area is 138 Å². The number of nitrogens with zero attached hydrogens (tertiary/aromatic N) is 4. The quantitative estimate of drug-likeness (QED) is 0.763. The predicted octanol–water partition coefficient (Wildman–Crippen LogP) is 1.49. The number of hydrogen-bond donors (Lipinski definition) is 1. The maximum atomic E-state index is 12.9. The molecule has 2 heterocycles. The molecule has 0 radical (unpaired) electrons. The van der Waals surface area contributed by atoms with Gasteiger partial charge in [0.2, 0.25) is 5.89 Å². The van der Waals surface area contributed by atoms with Crippen LogP contribution < -0.4 is 5.56 Å². The maximum Gasteiger partial charge on any atom is 0.257 e. The van der Waals surface area contributed by atoms with E-state index in [9.17, 15) is 9.90 Å². The minimum atomic E-state index is -0.203. The average molecular weight is 326 g/mol. The van der Waals surface area contributed by atoms with Crippen LogP contribution in [0.15, 0.2) is 39.6 Å². The molecule has 2 aromatic heterocycles. The van der Waals surface area contributed by atoms with E-state index in [0.29, 0.717) is 28.8 Å². The monoisotopic (exact) mass is 326 g/mol. The van der Waals surface area contributed by atoms with Gasteiger partial charge in [-0.1, -0.05) is 35.5 Å². The second-order valence-corrected chi connectivity index (χ2v) is 5.47. The molecule has 0 unspecified atom stereocenters. The molecule has 7 nitrogen and oxygen atoms in total. The van der Waals surface area contributed by atoms with Crippen molar-refractivity contribution in [3.63, 3.8) is 0 Å². The van der Waals surface area contributed by atoms with Gasteiger partial charge in [-0.3, -0.25) is 9.36 Å². The van der Waals surface area contributed by atoms with E-state index in [1.54, 1.807) is 13.8 Å². The molecule has 3 aromatic rings. The summed E-state index contributed by atoms with van der Waals surface area (Å²) in [5, 5.41) is 13.0. The van der Waals surface area contributed by atoms with E-state index in [1.807, 2.05) is 30.3 Å².